The number of rotatable bonds is 15. The number of hydrogen-bond donors (Lipinski definition) is 4. The number of anilines is 2. The number of carbonyl (C=O) groups is 2. The fourth-order valence-electron chi connectivity index (χ4n) is 4.11. The minimum atomic E-state index is -0.0715. The summed E-state index contributed by atoms with van der Waals surface area (Å²) in [6, 6.07) is 9.60. The van der Waals surface area contributed by atoms with Crippen LogP contribution >= 0.6 is 0 Å². The lowest BCUT2D eigenvalue weighted by atomic mass is 10.0. The Morgan fingerprint density at radius 1 is 0.969 bits per heavy atom. The number of unbranched alkanes of at least 4 members (excludes halogenated alkanes) is 3. The summed E-state index contributed by atoms with van der Waals surface area (Å²) in [6.45, 7) is 6.69. The molecule has 0 unspecified atom stereocenters. The van der Waals surface area contributed by atoms with Gasteiger partial charge in [0.15, 0.2) is 0 Å². The summed E-state index contributed by atoms with van der Waals surface area (Å²) in [5, 5.41) is 11.5. The molecule has 0 aliphatic carbocycles. The van der Waals surface area contributed by atoms with Crippen LogP contribution in [0, 0.1) is 0 Å². The maximum atomic E-state index is 12.9. The van der Waals surface area contributed by atoms with Crippen molar-refractivity contribution in [3.8, 4) is 0 Å². The topological polar surface area (TPSA) is 99.5 Å². The van der Waals surface area contributed by atoms with Gasteiger partial charge < -0.3 is 26.6 Å². The van der Waals surface area contributed by atoms with E-state index in [0.717, 1.165) is 99.0 Å². The number of hydrogen-bond acceptors (Lipinski definition) is 5. The summed E-state index contributed by atoms with van der Waals surface area (Å²) in [6.07, 6.45) is 6.29. The van der Waals surface area contributed by atoms with Crippen molar-refractivity contribution in [1.82, 2.24) is 10.6 Å². The Morgan fingerprint density at radius 2 is 1.72 bits per heavy atom. The normalized spacial score (nSPS) is 12.7. The molecule has 0 atom stereocenters. The zero-order valence-electron chi connectivity index (χ0n) is 19.2. The first kappa shape index (κ1) is 24.2. The smallest absolute Gasteiger partial charge is 0.258 e. The van der Waals surface area contributed by atoms with E-state index >= 15 is 0 Å². The SMILES string of the molecule is CCCCN1C(=O)c2cccc3c(NC(=O)CNCCCCNCCCCN)ccc1c23. The van der Waals surface area contributed by atoms with Gasteiger partial charge in [-0.05, 0) is 76.5 Å². The highest BCUT2D eigenvalue weighted by Gasteiger charge is 2.30. The van der Waals surface area contributed by atoms with Crippen molar-refractivity contribution in [3.63, 3.8) is 0 Å². The van der Waals surface area contributed by atoms with Crippen LogP contribution in [0.2, 0.25) is 0 Å². The van der Waals surface area contributed by atoms with E-state index < -0.39 is 0 Å². The minimum absolute atomic E-state index is 0.0538. The van der Waals surface area contributed by atoms with Crippen molar-refractivity contribution in [3.05, 3.63) is 35.9 Å². The summed E-state index contributed by atoms with van der Waals surface area (Å²) in [5.74, 6) is -0.0177. The van der Waals surface area contributed by atoms with Crippen LogP contribution in [0.5, 0.6) is 0 Å². The predicted octanol–water partition coefficient (Wildman–Crippen LogP) is 3.24. The van der Waals surface area contributed by atoms with Crippen LogP contribution in [0.15, 0.2) is 30.3 Å². The summed E-state index contributed by atoms with van der Waals surface area (Å²) in [5.41, 5.74) is 7.91. The first-order valence-corrected chi connectivity index (χ1v) is 12.0. The third-order valence-electron chi connectivity index (χ3n) is 5.84. The third-order valence-corrected chi connectivity index (χ3v) is 5.84. The lowest BCUT2D eigenvalue weighted by Crippen LogP contribution is -2.29. The molecule has 2 aromatic rings. The molecule has 0 spiro atoms. The summed E-state index contributed by atoms with van der Waals surface area (Å²) < 4.78 is 0. The van der Waals surface area contributed by atoms with Crippen molar-refractivity contribution in [1.29, 1.82) is 0 Å². The van der Waals surface area contributed by atoms with Crippen LogP contribution in [0.1, 0.15) is 55.8 Å². The van der Waals surface area contributed by atoms with E-state index in [0.29, 0.717) is 0 Å². The first-order chi connectivity index (χ1) is 15.7. The third kappa shape index (κ3) is 6.06. The fraction of sp³-hybridized carbons (Fsp3) is 0.520. The number of amides is 2. The van der Waals surface area contributed by atoms with Crippen molar-refractivity contribution < 1.29 is 9.59 Å². The Labute approximate surface area is 191 Å². The van der Waals surface area contributed by atoms with Gasteiger partial charge in [-0.3, -0.25) is 9.59 Å². The average molecular weight is 440 g/mol. The molecule has 1 heterocycles. The van der Waals surface area contributed by atoms with Gasteiger partial charge in [-0.25, -0.2) is 0 Å². The molecule has 2 amide bonds. The van der Waals surface area contributed by atoms with E-state index in [2.05, 4.69) is 22.9 Å². The average Bonchev–Trinajstić information content (AvgIpc) is 3.07. The van der Waals surface area contributed by atoms with Crippen molar-refractivity contribution >= 4 is 34.0 Å². The molecule has 0 radical (unpaired) electrons. The van der Waals surface area contributed by atoms with Crippen LogP contribution in [0.4, 0.5) is 11.4 Å². The maximum absolute atomic E-state index is 12.9. The number of nitrogens with zero attached hydrogens (tertiary/aromatic N) is 1. The quantitative estimate of drug-likeness (QED) is 0.319. The van der Waals surface area contributed by atoms with Gasteiger partial charge in [-0.1, -0.05) is 25.5 Å². The van der Waals surface area contributed by atoms with Gasteiger partial charge in [0, 0.05) is 28.6 Å². The predicted molar refractivity (Wildman–Crippen MR) is 132 cm³/mol. The summed E-state index contributed by atoms with van der Waals surface area (Å²) in [7, 11) is 0. The molecule has 1 aliphatic heterocycles. The molecule has 32 heavy (non-hydrogen) atoms. The molecule has 2 aromatic carbocycles. The molecule has 0 saturated carbocycles. The standard InChI is InChI=1S/C25H37N5O2/c1-2-3-17-30-22-12-11-21(19-9-8-10-20(24(19)22)25(30)32)29-23(31)18-28-16-7-6-15-27-14-5-4-13-26/h8-12,27-28H,2-7,13-18,26H2,1H3,(H,29,31). The van der Waals surface area contributed by atoms with Crippen molar-refractivity contribution in [2.24, 2.45) is 5.73 Å². The molecule has 0 fully saturated rings. The van der Waals surface area contributed by atoms with Gasteiger partial charge in [0.1, 0.15) is 0 Å². The first-order valence-electron chi connectivity index (χ1n) is 12.0. The summed E-state index contributed by atoms with van der Waals surface area (Å²) in [4.78, 5) is 27.2. The van der Waals surface area contributed by atoms with Gasteiger partial charge in [0.2, 0.25) is 5.91 Å². The number of nitrogens with one attached hydrogen (secondary N) is 3. The van der Waals surface area contributed by atoms with Crippen LogP contribution in [-0.2, 0) is 4.79 Å². The summed E-state index contributed by atoms with van der Waals surface area (Å²) >= 11 is 0. The van der Waals surface area contributed by atoms with Crippen molar-refractivity contribution in [2.45, 2.75) is 45.4 Å². The van der Waals surface area contributed by atoms with E-state index in [1.165, 1.54) is 0 Å². The lowest BCUT2D eigenvalue weighted by Gasteiger charge is -2.17. The Balaban J connectivity index is 1.48. The highest BCUT2D eigenvalue weighted by molar-refractivity contribution is 6.27. The minimum Gasteiger partial charge on any atom is -0.330 e. The molecule has 174 valence electrons. The van der Waals surface area contributed by atoms with Crippen LogP contribution in [0.25, 0.3) is 10.8 Å². The highest BCUT2D eigenvalue weighted by atomic mass is 16.2. The van der Waals surface area contributed by atoms with Crippen LogP contribution in [0.3, 0.4) is 0 Å². The van der Waals surface area contributed by atoms with E-state index in [1.54, 1.807) is 0 Å². The van der Waals surface area contributed by atoms with E-state index in [4.69, 9.17) is 5.73 Å². The van der Waals surface area contributed by atoms with Crippen molar-refractivity contribution in [2.75, 3.05) is 49.5 Å². The fourth-order valence-corrected chi connectivity index (χ4v) is 4.11. The molecule has 1 aliphatic rings. The number of benzene rings is 2. The van der Waals surface area contributed by atoms with E-state index in [9.17, 15) is 9.59 Å². The molecule has 0 bridgehead atoms. The second-order valence-electron chi connectivity index (χ2n) is 8.35. The number of nitrogens with two attached hydrogens (primary N) is 1. The zero-order valence-corrected chi connectivity index (χ0v) is 19.2. The molecule has 5 N–H and O–H groups in total. The van der Waals surface area contributed by atoms with Crippen LogP contribution in [-0.4, -0.2) is 51.1 Å². The van der Waals surface area contributed by atoms with E-state index in [-0.39, 0.29) is 18.4 Å². The molecular formula is C25H37N5O2. The molecule has 7 nitrogen and oxygen atoms in total. The van der Waals surface area contributed by atoms with E-state index in [1.807, 2.05) is 35.2 Å². The Kier molecular flexibility index (Phi) is 9.46. The Morgan fingerprint density at radius 3 is 2.47 bits per heavy atom. The molecule has 0 saturated heterocycles. The van der Waals surface area contributed by atoms with Gasteiger partial charge in [0.25, 0.3) is 5.91 Å². The Hall–Kier alpha value is -2.48. The van der Waals surface area contributed by atoms with Gasteiger partial charge in [-0.15, -0.1) is 0 Å². The number of carbonyl (C=O) groups excluding carboxylic acids is 2. The molecular weight excluding hydrogens is 402 g/mol. The van der Waals surface area contributed by atoms with Gasteiger partial charge >= 0.3 is 0 Å². The maximum Gasteiger partial charge on any atom is 0.258 e. The monoisotopic (exact) mass is 439 g/mol. The molecule has 3 rings (SSSR count). The molecule has 7 heteroatoms. The largest absolute Gasteiger partial charge is 0.330 e. The Bertz CT molecular complexity index is 915. The van der Waals surface area contributed by atoms with Crippen LogP contribution < -0.4 is 26.6 Å². The second-order valence-corrected chi connectivity index (χ2v) is 8.35. The zero-order chi connectivity index (χ0) is 22.8. The van der Waals surface area contributed by atoms with Gasteiger partial charge in [0.05, 0.1) is 12.2 Å². The highest BCUT2D eigenvalue weighted by Crippen LogP contribution is 2.40. The second kappa shape index (κ2) is 12.5. The lowest BCUT2D eigenvalue weighted by molar-refractivity contribution is -0.115. The molecule has 0 aromatic heterocycles. The van der Waals surface area contributed by atoms with Gasteiger partial charge in [-0.2, -0.15) is 0 Å².